The van der Waals surface area contributed by atoms with Crippen LogP contribution < -0.4 is 19.7 Å². The number of rotatable bonds is 5. The minimum absolute atomic E-state index is 0.0817. The monoisotopic (exact) mass is 397 g/mol. The lowest BCUT2D eigenvalue weighted by molar-refractivity contribution is -0.384. The number of nitrogens with zero attached hydrogens (tertiary/aromatic N) is 2. The van der Waals surface area contributed by atoms with Crippen LogP contribution in [0.4, 0.5) is 16.2 Å². The van der Waals surface area contributed by atoms with Crippen molar-refractivity contribution in [1.82, 2.24) is 5.32 Å². The zero-order valence-corrected chi connectivity index (χ0v) is 15.4. The highest BCUT2D eigenvalue weighted by Gasteiger charge is 2.37. The molecule has 0 aliphatic carbocycles. The third-order valence-corrected chi connectivity index (χ3v) is 4.16. The van der Waals surface area contributed by atoms with Crippen LogP contribution in [0.15, 0.2) is 48.0 Å². The van der Waals surface area contributed by atoms with Gasteiger partial charge in [-0.05, 0) is 30.3 Å². The quantitative estimate of drug-likeness (QED) is 0.355. The number of urea groups is 1. The average Bonchev–Trinajstić information content (AvgIpc) is 2.71. The number of nitro benzene ring substituents is 1. The summed E-state index contributed by atoms with van der Waals surface area (Å²) in [4.78, 5) is 48.3. The Hall–Kier alpha value is -4.21. The van der Waals surface area contributed by atoms with Crippen molar-refractivity contribution in [2.24, 2.45) is 0 Å². The molecule has 0 radical (unpaired) electrons. The lowest BCUT2D eigenvalue weighted by Gasteiger charge is -2.26. The van der Waals surface area contributed by atoms with E-state index in [1.54, 1.807) is 18.2 Å². The van der Waals surface area contributed by atoms with Crippen LogP contribution in [-0.4, -0.2) is 37.0 Å². The molecule has 0 unspecified atom stereocenters. The van der Waals surface area contributed by atoms with Gasteiger partial charge in [-0.1, -0.05) is 0 Å². The molecule has 0 atom stereocenters. The molecule has 2 aromatic carbocycles. The molecule has 148 valence electrons. The van der Waals surface area contributed by atoms with Gasteiger partial charge < -0.3 is 9.47 Å². The van der Waals surface area contributed by atoms with Gasteiger partial charge in [-0.15, -0.1) is 0 Å². The largest absolute Gasteiger partial charge is 0.497 e. The van der Waals surface area contributed by atoms with Gasteiger partial charge in [-0.2, -0.15) is 0 Å². The number of anilines is 1. The zero-order valence-electron chi connectivity index (χ0n) is 15.4. The fourth-order valence-corrected chi connectivity index (χ4v) is 2.71. The van der Waals surface area contributed by atoms with E-state index < -0.39 is 22.8 Å². The first-order valence-electron chi connectivity index (χ1n) is 8.23. The molecule has 1 heterocycles. The molecule has 4 amide bonds. The van der Waals surface area contributed by atoms with E-state index in [4.69, 9.17) is 9.47 Å². The van der Waals surface area contributed by atoms with Gasteiger partial charge >= 0.3 is 6.03 Å². The third kappa shape index (κ3) is 3.76. The van der Waals surface area contributed by atoms with E-state index in [2.05, 4.69) is 5.32 Å². The van der Waals surface area contributed by atoms with E-state index in [9.17, 15) is 24.5 Å². The summed E-state index contributed by atoms with van der Waals surface area (Å²) in [5.74, 6) is -0.858. The van der Waals surface area contributed by atoms with Gasteiger partial charge in [0.15, 0.2) is 0 Å². The summed E-state index contributed by atoms with van der Waals surface area (Å²) in [6, 6.07) is 8.65. The van der Waals surface area contributed by atoms with Crippen LogP contribution in [-0.2, 0) is 9.59 Å². The topological polar surface area (TPSA) is 128 Å². The van der Waals surface area contributed by atoms with Crippen LogP contribution in [0.25, 0.3) is 6.08 Å². The van der Waals surface area contributed by atoms with Crippen molar-refractivity contribution in [3.8, 4) is 11.5 Å². The SMILES string of the molecule is COc1ccc(C=C2C(=O)NC(=O)N(c3ccc([N+](=O)[O-])cc3)C2=O)c(OC)c1. The number of carbonyl (C=O) groups is 3. The molecule has 1 saturated heterocycles. The number of ether oxygens (including phenoxy) is 2. The molecular formula is C19H15N3O7. The Bertz CT molecular complexity index is 1040. The molecule has 1 aliphatic rings. The number of carbonyl (C=O) groups excluding carboxylic acids is 3. The van der Waals surface area contributed by atoms with Crippen molar-refractivity contribution >= 4 is 35.3 Å². The number of hydrogen-bond donors (Lipinski definition) is 1. The number of nitrogens with one attached hydrogen (secondary N) is 1. The van der Waals surface area contributed by atoms with E-state index >= 15 is 0 Å². The minimum atomic E-state index is -0.951. The van der Waals surface area contributed by atoms with Crippen LogP contribution in [0.3, 0.4) is 0 Å². The Kier molecular flexibility index (Phi) is 5.26. The van der Waals surface area contributed by atoms with Gasteiger partial charge in [-0.3, -0.25) is 25.0 Å². The summed E-state index contributed by atoms with van der Waals surface area (Å²) in [5.41, 5.74) is 0.00263. The molecule has 29 heavy (non-hydrogen) atoms. The third-order valence-electron chi connectivity index (χ3n) is 4.16. The molecule has 0 aromatic heterocycles. The number of benzene rings is 2. The first-order chi connectivity index (χ1) is 13.8. The van der Waals surface area contributed by atoms with Gasteiger partial charge in [-0.25, -0.2) is 9.69 Å². The number of barbiturate groups is 1. The minimum Gasteiger partial charge on any atom is -0.497 e. The van der Waals surface area contributed by atoms with Crippen molar-refractivity contribution < 1.29 is 28.8 Å². The molecule has 0 saturated carbocycles. The predicted octanol–water partition coefficient (Wildman–Crippen LogP) is 2.28. The zero-order chi connectivity index (χ0) is 21.1. The molecule has 0 bridgehead atoms. The van der Waals surface area contributed by atoms with Gasteiger partial charge in [0.2, 0.25) is 0 Å². The van der Waals surface area contributed by atoms with Crippen LogP contribution in [0.1, 0.15) is 5.56 Å². The number of hydrogen-bond acceptors (Lipinski definition) is 7. The summed E-state index contributed by atoms with van der Waals surface area (Å²) in [7, 11) is 2.91. The molecule has 10 heteroatoms. The molecule has 1 fully saturated rings. The van der Waals surface area contributed by atoms with E-state index in [1.165, 1.54) is 32.4 Å². The van der Waals surface area contributed by atoms with E-state index in [1.807, 2.05) is 0 Å². The number of amides is 4. The van der Waals surface area contributed by atoms with Crippen molar-refractivity contribution in [1.29, 1.82) is 0 Å². The summed E-state index contributed by atoms with van der Waals surface area (Å²) in [5, 5.41) is 12.9. The van der Waals surface area contributed by atoms with Gasteiger partial charge in [0.25, 0.3) is 17.5 Å². The first kappa shape index (κ1) is 19.5. The van der Waals surface area contributed by atoms with Gasteiger partial charge in [0.05, 0.1) is 24.8 Å². The van der Waals surface area contributed by atoms with Crippen LogP contribution in [0, 0.1) is 10.1 Å². The maximum atomic E-state index is 12.9. The summed E-state index contributed by atoms with van der Waals surface area (Å²) in [6.07, 6.45) is 1.29. The van der Waals surface area contributed by atoms with Gasteiger partial charge in [0.1, 0.15) is 17.1 Å². The lowest BCUT2D eigenvalue weighted by atomic mass is 10.1. The fourth-order valence-electron chi connectivity index (χ4n) is 2.71. The Labute approximate surface area is 164 Å². The molecule has 1 aliphatic heterocycles. The highest BCUT2D eigenvalue weighted by molar-refractivity contribution is 6.39. The normalized spacial score (nSPS) is 15.3. The maximum Gasteiger partial charge on any atom is 0.335 e. The highest BCUT2D eigenvalue weighted by atomic mass is 16.6. The lowest BCUT2D eigenvalue weighted by Crippen LogP contribution is -2.54. The molecule has 1 N–H and O–H groups in total. The second kappa shape index (κ2) is 7.80. The summed E-state index contributed by atoms with van der Waals surface area (Å²) in [6.45, 7) is 0. The van der Waals surface area contributed by atoms with E-state index in [-0.39, 0.29) is 16.9 Å². The standard InChI is InChI=1S/C19H15N3O7/c1-28-14-8-3-11(16(10-14)29-2)9-15-17(23)20-19(25)21(18(15)24)12-4-6-13(7-5-12)22(26)27/h3-10H,1-2H3,(H,20,23,25). The molecule has 2 aromatic rings. The van der Waals surface area contributed by atoms with Crippen molar-refractivity contribution in [3.63, 3.8) is 0 Å². The van der Waals surface area contributed by atoms with Crippen molar-refractivity contribution in [3.05, 3.63) is 63.7 Å². The maximum absolute atomic E-state index is 12.9. The Morgan fingerprint density at radius 1 is 1.03 bits per heavy atom. The molecule has 10 nitrogen and oxygen atoms in total. The average molecular weight is 397 g/mol. The molecular weight excluding hydrogens is 382 g/mol. The van der Waals surface area contributed by atoms with Gasteiger partial charge in [0, 0.05) is 23.8 Å². The van der Waals surface area contributed by atoms with Crippen LogP contribution >= 0.6 is 0 Å². The summed E-state index contributed by atoms with van der Waals surface area (Å²) >= 11 is 0. The van der Waals surface area contributed by atoms with Crippen LogP contribution in [0.5, 0.6) is 11.5 Å². The molecule has 0 spiro atoms. The van der Waals surface area contributed by atoms with Crippen LogP contribution in [0.2, 0.25) is 0 Å². The van der Waals surface area contributed by atoms with E-state index in [0.29, 0.717) is 17.1 Å². The Balaban J connectivity index is 2.01. The Morgan fingerprint density at radius 3 is 2.31 bits per heavy atom. The summed E-state index contributed by atoms with van der Waals surface area (Å²) < 4.78 is 10.4. The fraction of sp³-hybridized carbons (Fsp3) is 0.105. The van der Waals surface area contributed by atoms with E-state index in [0.717, 1.165) is 17.0 Å². The second-order valence-electron chi connectivity index (χ2n) is 5.84. The smallest absolute Gasteiger partial charge is 0.335 e. The Morgan fingerprint density at radius 2 is 1.72 bits per heavy atom. The number of non-ortho nitro benzene ring substituents is 1. The highest BCUT2D eigenvalue weighted by Crippen LogP contribution is 2.29. The molecule has 3 rings (SSSR count). The second-order valence-corrected chi connectivity index (χ2v) is 5.84. The number of methoxy groups -OCH3 is 2. The predicted molar refractivity (Wildman–Crippen MR) is 102 cm³/mol. The number of nitro groups is 1. The first-order valence-corrected chi connectivity index (χ1v) is 8.23. The number of imide groups is 2. The van der Waals surface area contributed by atoms with Crippen molar-refractivity contribution in [2.45, 2.75) is 0 Å². The van der Waals surface area contributed by atoms with Crippen molar-refractivity contribution in [2.75, 3.05) is 19.1 Å².